The van der Waals surface area contributed by atoms with Gasteiger partial charge in [0.2, 0.25) is 0 Å². The molecule has 0 fully saturated rings. The fourth-order valence-corrected chi connectivity index (χ4v) is 4.88. The van der Waals surface area contributed by atoms with Crippen molar-refractivity contribution in [3.05, 3.63) is 94.3 Å². The average Bonchev–Trinajstić information content (AvgIpc) is 3.00. The van der Waals surface area contributed by atoms with Crippen LogP contribution in [-0.2, 0) is 13.0 Å². The first kappa shape index (κ1) is 22.3. The molecule has 3 nitrogen and oxygen atoms in total. The Morgan fingerprint density at radius 3 is 2.59 bits per heavy atom. The topological polar surface area (TPSA) is 21.1 Å². The number of benzene rings is 2. The van der Waals surface area contributed by atoms with E-state index in [0.29, 0.717) is 6.54 Å². The Bertz CT molecular complexity index is 1300. The number of anilines is 1. The zero-order valence-corrected chi connectivity index (χ0v) is 19.2. The molecule has 5 rings (SSSR count). The van der Waals surface area contributed by atoms with Crippen molar-refractivity contribution in [3.63, 3.8) is 0 Å². The largest absolute Gasteiger partial charge is 0.348 e. The van der Waals surface area contributed by atoms with Crippen LogP contribution in [0.4, 0.5) is 14.6 Å². The quantitative estimate of drug-likeness (QED) is 0.352. The van der Waals surface area contributed by atoms with Gasteiger partial charge in [-0.15, -0.1) is 12.4 Å². The Hall–Kier alpha value is -2.92. The summed E-state index contributed by atoms with van der Waals surface area (Å²) in [6, 6.07) is 13.9. The molecule has 0 N–H and O–H groups in total. The highest BCUT2D eigenvalue weighted by atomic mass is 35.5. The Morgan fingerprint density at radius 1 is 1.03 bits per heavy atom. The van der Waals surface area contributed by atoms with Crippen LogP contribution in [0, 0.1) is 25.5 Å². The molecule has 1 aliphatic heterocycles. The van der Waals surface area contributed by atoms with E-state index in [1.54, 1.807) is 18.2 Å². The van der Waals surface area contributed by atoms with Gasteiger partial charge in [0.05, 0.1) is 11.6 Å². The maximum absolute atomic E-state index is 14.0. The van der Waals surface area contributed by atoms with E-state index < -0.39 is 0 Å². The highest BCUT2D eigenvalue weighted by Crippen LogP contribution is 2.38. The van der Waals surface area contributed by atoms with Gasteiger partial charge in [0.15, 0.2) is 5.82 Å². The third kappa shape index (κ3) is 3.65. The van der Waals surface area contributed by atoms with E-state index in [9.17, 15) is 8.78 Å². The Morgan fingerprint density at radius 2 is 1.81 bits per heavy atom. The normalized spacial score (nSPS) is 15.5. The Balaban J connectivity index is 0.00000245. The third-order valence-electron chi connectivity index (χ3n) is 6.68. The molecule has 0 radical (unpaired) electrons. The van der Waals surface area contributed by atoms with E-state index in [4.69, 9.17) is 4.98 Å². The van der Waals surface area contributed by atoms with Gasteiger partial charge in [-0.05, 0) is 79.8 Å². The summed E-state index contributed by atoms with van der Waals surface area (Å²) in [7, 11) is 0. The van der Waals surface area contributed by atoms with Gasteiger partial charge < -0.3 is 9.47 Å². The van der Waals surface area contributed by atoms with Gasteiger partial charge in [-0.2, -0.15) is 0 Å². The summed E-state index contributed by atoms with van der Waals surface area (Å²) in [6.45, 7) is 7.71. The van der Waals surface area contributed by atoms with Gasteiger partial charge in [0.1, 0.15) is 11.6 Å². The molecule has 2 aromatic heterocycles. The Kier molecular flexibility index (Phi) is 5.95. The van der Waals surface area contributed by atoms with Gasteiger partial charge >= 0.3 is 0 Å². The van der Waals surface area contributed by atoms with Gasteiger partial charge in [-0.25, -0.2) is 13.8 Å². The lowest BCUT2D eigenvalue weighted by molar-refractivity contribution is 0.590. The standard InChI is InChI=1S/C26H25F2N3.ClH/c1-16-17(2)31(15-19-5-4-6-21(27)13-19)25-23(16)9-11-29-26(25)30-12-10-20-7-8-22(28)14-24(20)18(30)3;/h4-9,11,13-14,18H,10,12,15H2,1-3H3;1H. The molecule has 1 unspecified atom stereocenters. The molecule has 4 aromatic rings. The number of aryl methyl sites for hydroxylation is 1. The van der Waals surface area contributed by atoms with Crippen molar-refractivity contribution in [1.29, 1.82) is 0 Å². The number of nitrogens with zero attached hydrogens (tertiary/aromatic N) is 3. The highest BCUT2D eigenvalue weighted by Gasteiger charge is 2.28. The molecule has 2 aromatic carbocycles. The predicted octanol–water partition coefficient (Wildman–Crippen LogP) is 6.53. The fourth-order valence-electron chi connectivity index (χ4n) is 4.88. The first-order valence-corrected chi connectivity index (χ1v) is 10.7. The molecule has 0 aliphatic carbocycles. The third-order valence-corrected chi connectivity index (χ3v) is 6.68. The van der Waals surface area contributed by atoms with E-state index >= 15 is 0 Å². The number of hydrogen-bond donors (Lipinski definition) is 0. The van der Waals surface area contributed by atoms with Gasteiger partial charge in [0, 0.05) is 30.4 Å². The monoisotopic (exact) mass is 453 g/mol. The minimum Gasteiger partial charge on any atom is -0.348 e. The van der Waals surface area contributed by atoms with Crippen LogP contribution in [0.2, 0.25) is 0 Å². The second-order valence-corrected chi connectivity index (χ2v) is 8.42. The number of fused-ring (bicyclic) bond motifs is 2. The number of halogens is 3. The predicted molar refractivity (Wildman–Crippen MR) is 128 cm³/mol. The molecular weight excluding hydrogens is 428 g/mol. The van der Waals surface area contributed by atoms with Crippen LogP contribution in [0.3, 0.4) is 0 Å². The first-order chi connectivity index (χ1) is 14.9. The number of aromatic nitrogens is 2. The lowest BCUT2D eigenvalue weighted by Gasteiger charge is -2.36. The van der Waals surface area contributed by atoms with Gasteiger partial charge in [0.25, 0.3) is 0 Å². The molecular formula is C26H26ClF2N3. The minimum atomic E-state index is -0.232. The Labute approximate surface area is 193 Å². The summed E-state index contributed by atoms with van der Waals surface area (Å²) in [5.74, 6) is 0.456. The van der Waals surface area contributed by atoms with Crippen LogP contribution in [0.25, 0.3) is 10.9 Å². The maximum atomic E-state index is 14.0. The summed E-state index contributed by atoms with van der Waals surface area (Å²) < 4.78 is 30.0. The average molecular weight is 454 g/mol. The van der Waals surface area contributed by atoms with E-state index in [1.807, 2.05) is 24.4 Å². The zero-order chi connectivity index (χ0) is 21.7. The van der Waals surface area contributed by atoms with Crippen LogP contribution in [0.15, 0.2) is 54.7 Å². The van der Waals surface area contributed by atoms with Crippen molar-refractivity contribution >= 4 is 29.1 Å². The molecule has 0 saturated carbocycles. The minimum absolute atomic E-state index is 0. The van der Waals surface area contributed by atoms with E-state index in [-0.39, 0.29) is 30.1 Å². The van der Waals surface area contributed by atoms with Crippen LogP contribution in [0.1, 0.15) is 40.9 Å². The first-order valence-electron chi connectivity index (χ1n) is 10.7. The second kappa shape index (κ2) is 8.55. The van der Waals surface area contributed by atoms with Crippen molar-refractivity contribution in [2.24, 2.45) is 0 Å². The smallest absolute Gasteiger partial charge is 0.153 e. The molecule has 6 heteroatoms. The zero-order valence-electron chi connectivity index (χ0n) is 18.4. The van der Waals surface area contributed by atoms with E-state index in [0.717, 1.165) is 46.5 Å². The molecule has 1 atom stereocenters. The van der Waals surface area contributed by atoms with Crippen molar-refractivity contribution in [2.75, 3.05) is 11.4 Å². The summed E-state index contributed by atoms with van der Waals surface area (Å²) >= 11 is 0. The van der Waals surface area contributed by atoms with Crippen LogP contribution in [-0.4, -0.2) is 16.1 Å². The molecule has 166 valence electrons. The van der Waals surface area contributed by atoms with Gasteiger partial charge in [-0.1, -0.05) is 18.2 Å². The molecule has 0 bridgehead atoms. The van der Waals surface area contributed by atoms with Crippen molar-refractivity contribution in [3.8, 4) is 0 Å². The van der Waals surface area contributed by atoms with E-state index in [2.05, 4.69) is 30.2 Å². The van der Waals surface area contributed by atoms with Crippen molar-refractivity contribution < 1.29 is 8.78 Å². The van der Waals surface area contributed by atoms with Crippen LogP contribution in [0.5, 0.6) is 0 Å². The molecule has 0 saturated heterocycles. The molecule has 3 heterocycles. The lowest BCUT2D eigenvalue weighted by Crippen LogP contribution is -2.35. The summed E-state index contributed by atoms with van der Waals surface area (Å²) in [6.07, 6.45) is 2.70. The number of pyridine rings is 1. The fraction of sp³-hybridized carbons (Fsp3) is 0.269. The summed E-state index contributed by atoms with van der Waals surface area (Å²) in [4.78, 5) is 7.06. The summed E-state index contributed by atoms with van der Waals surface area (Å²) in [5, 5.41) is 1.15. The van der Waals surface area contributed by atoms with Gasteiger partial charge in [-0.3, -0.25) is 0 Å². The lowest BCUT2D eigenvalue weighted by atomic mass is 9.93. The number of rotatable bonds is 3. The highest BCUT2D eigenvalue weighted by molar-refractivity contribution is 5.94. The molecule has 0 amide bonds. The molecule has 32 heavy (non-hydrogen) atoms. The number of hydrogen-bond acceptors (Lipinski definition) is 2. The van der Waals surface area contributed by atoms with Crippen LogP contribution < -0.4 is 4.90 Å². The van der Waals surface area contributed by atoms with Crippen LogP contribution >= 0.6 is 12.4 Å². The molecule has 1 aliphatic rings. The second-order valence-electron chi connectivity index (χ2n) is 8.42. The van der Waals surface area contributed by atoms with Crippen molar-refractivity contribution in [2.45, 2.75) is 39.8 Å². The van der Waals surface area contributed by atoms with E-state index in [1.165, 1.54) is 23.3 Å². The SMILES string of the molecule is Cc1c(C)n(Cc2cccc(F)c2)c2c(N3CCc4ccc(F)cc4C3C)nccc12.Cl. The summed E-state index contributed by atoms with van der Waals surface area (Å²) in [5.41, 5.74) is 6.51. The maximum Gasteiger partial charge on any atom is 0.153 e. The van der Waals surface area contributed by atoms with Crippen molar-refractivity contribution in [1.82, 2.24) is 9.55 Å². The molecule has 0 spiro atoms.